The summed E-state index contributed by atoms with van der Waals surface area (Å²) in [5.41, 5.74) is -0.220. The summed E-state index contributed by atoms with van der Waals surface area (Å²) in [5, 5.41) is 12.3. The van der Waals surface area contributed by atoms with Gasteiger partial charge < -0.3 is 20.1 Å². The van der Waals surface area contributed by atoms with Gasteiger partial charge in [0, 0.05) is 12.1 Å². The number of carbonyl (C=O) groups is 2. The number of rotatable bonds is 7. The van der Waals surface area contributed by atoms with Gasteiger partial charge in [-0.3, -0.25) is 4.79 Å². The Balaban J connectivity index is 2.84. The zero-order chi connectivity index (χ0) is 16.0. The number of urea groups is 1. The van der Waals surface area contributed by atoms with Gasteiger partial charge in [0.15, 0.2) is 0 Å². The number of hydrogen-bond donors (Lipinski definition) is 2. The van der Waals surface area contributed by atoms with Crippen LogP contribution in [0.5, 0.6) is 0 Å². The van der Waals surface area contributed by atoms with Gasteiger partial charge in [-0.05, 0) is 26.2 Å². The zero-order valence-corrected chi connectivity index (χ0v) is 13.5. The summed E-state index contributed by atoms with van der Waals surface area (Å²) in [6.45, 7) is 8.96. The molecule has 0 aromatic heterocycles. The fraction of sp³-hybridized carbons (Fsp3) is 0.867. The molecule has 0 saturated carbocycles. The Bertz CT molecular complexity index is 360. The van der Waals surface area contributed by atoms with E-state index in [1.165, 1.54) is 0 Å². The van der Waals surface area contributed by atoms with E-state index >= 15 is 0 Å². The summed E-state index contributed by atoms with van der Waals surface area (Å²) in [5.74, 6) is -1.55. The summed E-state index contributed by atoms with van der Waals surface area (Å²) in [6, 6.07) is -0.583. The van der Waals surface area contributed by atoms with Gasteiger partial charge in [0.2, 0.25) is 0 Å². The first-order chi connectivity index (χ1) is 9.94. The normalized spacial score (nSPS) is 22.1. The molecule has 1 aliphatic rings. The van der Waals surface area contributed by atoms with E-state index in [0.717, 1.165) is 19.3 Å². The van der Waals surface area contributed by atoms with Crippen molar-refractivity contribution in [2.45, 2.75) is 58.5 Å². The Morgan fingerprint density at radius 2 is 1.76 bits per heavy atom. The standard InChI is InChI=1S/C15H28N2O4/c1-5-15(6-2,7-3)16-14(20)17(8-4)12-10-21-9-11(12)13(18)19/h11-12H,5-10H2,1-4H3,(H,16,20)(H,18,19). The second-order valence-corrected chi connectivity index (χ2v) is 5.61. The predicted octanol–water partition coefficient (Wildman–Crippen LogP) is 2.09. The van der Waals surface area contributed by atoms with Crippen molar-refractivity contribution < 1.29 is 19.4 Å². The van der Waals surface area contributed by atoms with Crippen LogP contribution in [0.1, 0.15) is 47.0 Å². The van der Waals surface area contributed by atoms with Crippen molar-refractivity contribution in [1.82, 2.24) is 10.2 Å². The summed E-state index contributed by atoms with van der Waals surface area (Å²) < 4.78 is 5.27. The van der Waals surface area contributed by atoms with E-state index in [0.29, 0.717) is 6.54 Å². The zero-order valence-electron chi connectivity index (χ0n) is 13.5. The molecule has 0 aliphatic carbocycles. The van der Waals surface area contributed by atoms with Gasteiger partial charge in [0.05, 0.1) is 19.3 Å². The van der Waals surface area contributed by atoms with Crippen LogP contribution in [0.15, 0.2) is 0 Å². The van der Waals surface area contributed by atoms with Crippen molar-refractivity contribution in [3.05, 3.63) is 0 Å². The number of nitrogens with zero attached hydrogens (tertiary/aromatic N) is 1. The molecule has 2 amide bonds. The third-order valence-electron chi connectivity index (χ3n) is 4.77. The van der Waals surface area contributed by atoms with Crippen LogP contribution in [0.4, 0.5) is 4.79 Å². The molecular formula is C15H28N2O4. The quantitative estimate of drug-likeness (QED) is 0.754. The molecule has 0 spiro atoms. The van der Waals surface area contributed by atoms with Crippen LogP contribution in [-0.2, 0) is 9.53 Å². The molecule has 1 heterocycles. The van der Waals surface area contributed by atoms with E-state index in [-0.39, 0.29) is 24.8 Å². The van der Waals surface area contributed by atoms with Crippen LogP contribution >= 0.6 is 0 Å². The molecule has 1 rings (SSSR count). The lowest BCUT2D eigenvalue weighted by Crippen LogP contribution is -2.56. The average molecular weight is 300 g/mol. The maximum Gasteiger partial charge on any atom is 0.318 e. The second-order valence-electron chi connectivity index (χ2n) is 5.61. The lowest BCUT2D eigenvalue weighted by molar-refractivity contribution is -0.142. The highest BCUT2D eigenvalue weighted by Gasteiger charge is 2.40. The molecule has 2 unspecified atom stereocenters. The molecule has 1 saturated heterocycles. The Kier molecular flexibility index (Phi) is 6.45. The van der Waals surface area contributed by atoms with Crippen molar-refractivity contribution in [1.29, 1.82) is 0 Å². The third-order valence-corrected chi connectivity index (χ3v) is 4.77. The smallest absolute Gasteiger partial charge is 0.318 e. The highest BCUT2D eigenvalue weighted by atomic mass is 16.5. The Morgan fingerprint density at radius 3 is 2.19 bits per heavy atom. The molecule has 0 radical (unpaired) electrons. The number of ether oxygens (including phenoxy) is 1. The van der Waals surface area contributed by atoms with Crippen molar-refractivity contribution >= 4 is 12.0 Å². The lowest BCUT2D eigenvalue weighted by atomic mass is 9.90. The van der Waals surface area contributed by atoms with Gasteiger partial charge in [-0.2, -0.15) is 0 Å². The third kappa shape index (κ3) is 3.87. The number of likely N-dealkylation sites (N-methyl/N-ethyl adjacent to an activating group) is 1. The first-order valence-electron chi connectivity index (χ1n) is 7.83. The van der Waals surface area contributed by atoms with Gasteiger partial charge in [0.25, 0.3) is 0 Å². The van der Waals surface area contributed by atoms with Gasteiger partial charge in [-0.25, -0.2) is 4.79 Å². The van der Waals surface area contributed by atoms with Crippen molar-refractivity contribution in [2.24, 2.45) is 5.92 Å². The van der Waals surface area contributed by atoms with Crippen LogP contribution in [0.3, 0.4) is 0 Å². The number of nitrogens with one attached hydrogen (secondary N) is 1. The van der Waals surface area contributed by atoms with Gasteiger partial charge in [-0.15, -0.1) is 0 Å². The fourth-order valence-corrected chi connectivity index (χ4v) is 2.93. The summed E-state index contributed by atoms with van der Waals surface area (Å²) in [7, 11) is 0. The van der Waals surface area contributed by atoms with Crippen molar-refractivity contribution in [3.8, 4) is 0 Å². The van der Waals surface area contributed by atoms with Gasteiger partial charge in [-0.1, -0.05) is 20.8 Å². The summed E-state index contributed by atoms with van der Waals surface area (Å²) in [4.78, 5) is 25.5. The van der Waals surface area contributed by atoms with E-state index in [9.17, 15) is 14.7 Å². The summed E-state index contributed by atoms with van der Waals surface area (Å²) in [6.07, 6.45) is 2.56. The largest absolute Gasteiger partial charge is 0.481 e. The first kappa shape index (κ1) is 17.8. The van der Waals surface area contributed by atoms with E-state index in [1.807, 2.05) is 6.92 Å². The molecule has 0 aromatic carbocycles. The molecular weight excluding hydrogens is 272 g/mol. The van der Waals surface area contributed by atoms with E-state index in [4.69, 9.17) is 4.74 Å². The summed E-state index contributed by atoms with van der Waals surface area (Å²) >= 11 is 0. The highest BCUT2D eigenvalue weighted by Crippen LogP contribution is 2.23. The number of amides is 2. The molecule has 122 valence electrons. The van der Waals surface area contributed by atoms with Crippen LogP contribution in [0.2, 0.25) is 0 Å². The highest BCUT2D eigenvalue weighted by molar-refractivity contribution is 5.78. The number of aliphatic carboxylic acids is 1. The minimum atomic E-state index is -0.906. The number of carboxylic acids is 1. The van der Waals surface area contributed by atoms with Crippen molar-refractivity contribution in [2.75, 3.05) is 19.8 Å². The van der Waals surface area contributed by atoms with Gasteiger partial charge >= 0.3 is 12.0 Å². The minimum absolute atomic E-state index is 0.171. The van der Waals surface area contributed by atoms with Crippen LogP contribution < -0.4 is 5.32 Å². The van der Waals surface area contributed by atoms with Crippen LogP contribution in [0, 0.1) is 5.92 Å². The van der Waals surface area contributed by atoms with E-state index < -0.39 is 17.9 Å². The molecule has 2 atom stereocenters. The number of hydrogen-bond acceptors (Lipinski definition) is 3. The Hall–Kier alpha value is -1.30. The maximum absolute atomic E-state index is 12.6. The molecule has 6 heteroatoms. The number of carboxylic acid groups (broad SMARTS) is 1. The van der Waals surface area contributed by atoms with Gasteiger partial charge in [0.1, 0.15) is 5.92 Å². The van der Waals surface area contributed by atoms with Crippen molar-refractivity contribution in [3.63, 3.8) is 0 Å². The molecule has 6 nitrogen and oxygen atoms in total. The second kappa shape index (κ2) is 7.64. The Morgan fingerprint density at radius 1 is 1.19 bits per heavy atom. The molecule has 21 heavy (non-hydrogen) atoms. The van der Waals surface area contributed by atoms with E-state index in [1.54, 1.807) is 4.90 Å². The minimum Gasteiger partial charge on any atom is -0.481 e. The molecule has 0 bridgehead atoms. The fourth-order valence-electron chi connectivity index (χ4n) is 2.93. The average Bonchev–Trinajstić information content (AvgIpc) is 2.95. The maximum atomic E-state index is 12.6. The Labute approximate surface area is 126 Å². The SMILES string of the molecule is CCN(C(=O)NC(CC)(CC)CC)C1COCC1C(=O)O. The van der Waals surface area contributed by atoms with Crippen LogP contribution in [0.25, 0.3) is 0 Å². The molecule has 1 fully saturated rings. The molecule has 0 aromatic rings. The van der Waals surface area contributed by atoms with E-state index in [2.05, 4.69) is 26.1 Å². The molecule has 2 N–H and O–H groups in total. The molecule has 1 aliphatic heterocycles. The predicted molar refractivity (Wildman–Crippen MR) is 80.2 cm³/mol. The topological polar surface area (TPSA) is 78.9 Å². The number of carbonyl (C=O) groups excluding carboxylic acids is 1. The van der Waals surface area contributed by atoms with Crippen LogP contribution in [-0.4, -0.2) is 53.3 Å². The first-order valence-corrected chi connectivity index (χ1v) is 7.83. The monoisotopic (exact) mass is 300 g/mol. The lowest BCUT2D eigenvalue weighted by Gasteiger charge is -2.37.